The van der Waals surface area contributed by atoms with E-state index in [-0.39, 0.29) is 48.3 Å². The number of carbonyl (C=O) groups is 2. The van der Waals surface area contributed by atoms with Gasteiger partial charge >= 0.3 is 11.9 Å². The normalized spacial score (nSPS) is 16.0. The van der Waals surface area contributed by atoms with Gasteiger partial charge in [-0.15, -0.1) is 19.6 Å². The van der Waals surface area contributed by atoms with Crippen LogP contribution in [0.1, 0.15) is 32.4 Å². The molecule has 3 rings (SSSR count). The average Bonchev–Trinajstić information content (AvgIpc) is 2.81. The molecule has 30 heavy (non-hydrogen) atoms. The molecule has 169 valence electrons. The third kappa shape index (κ3) is 7.55. The number of hydrogen-bond acceptors (Lipinski definition) is 6. The quantitative estimate of drug-likeness (QED) is 0.503. The number of aromatic nitrogens is 2. The minimum absolute atomic E-state index is 0. The van der Waals surface area contributed by atoms with Gasteiger partial charge in [0.15, 0.2) is 0 Å². The smallest absolute Gasteiger partial charge is 0.354 e. The summed E-state index contributed by atoms with van der Waals surface area (Å²) in [7, 11) is 0. The first kappa shape index (κ1) is 24.6. The van der Waals surface area contributed by atoms with E-state index in [4.69, 9.17) is 10.2 Å². The van der Waals surface area contributed by atoms with Crippen molar-refractivity contribution >= 4 is 11.9 Å². The van der Waals surface area contributed by atoms with Crippen molar-refractivity contribution < 1.29 is 56.7 Å². The first-order chi connectivity index (χ1) is 14.0. The summed E-state index contributed by atoms with van der Waals surface area (Å²) in [6.07, 6.45) is 0. The van der Waals surface area contributed by atoms with Crippen molar-refractivity contribution in [3.8, 4) is 0 Å². The number of pyridine rings is 2. The first-order valence-corrected chi connectivity index (χ1v) is 9.33. The van der Waals surface area contributed by atoms with Gasteiger partial charge in [-0.2, -0.15) is 0 Å². The third-order valence-corrected chi connectivity index (χ3v) is 4.52. The minimum atomic E-state index is -1.04. The minimum Gasteiger partial charge on any atom is -0.660 e. The van der Waals surface area contributed by atoms with Crippen LogP contribution in [0.25, 0.3) is 5.32 Å². The van der Waals surface area contributed by atoms with Gasteiger partial charge in [0.05, 0.1) is 11.4 Å². The van der Waals surface area contributed by atoms with Crippen LogP contribution in [-0.4, -0.2) is 74.6 Å². The molecule has 0 aromatic carbocycles. The molecular weight excluding hydrogens is 549 g/mol. The van der Waals surface area contributed by atoms with Crippen molar-refractivity contribution in [3.05, 3.63) is 71.0 Å². The Balaban J connectivity index is 0.00000320. The second-order valence-electron chi connectivity index (χ2n) is 6.70. The van der Waals surface area contributed by atoms with E-state index >= 15 is 0 Å². The summed E-state index contributed by atoms with van der Waals surface area (Å²) in [6, 6.07) is 9.97. The van der Waals surface area contributed by atoms with Gasteiger partial charge in [-0.3, -0.25) is 6.54 Å². The van der Waals surface area contributed by atoms with Gasteiger partial charge in [-0.25, -0.2) is 19.6 Å². The second kappa shape index (κ2) is 12.3. The SMILES string of the molecule is O=C(O)c1cccc(CN2[CH-]CN(Cc3cccc(C(=O)O)n3)CC[N-]CC2)n1.[Lu]. The summed E-state index contributed by atoms with van der Waals surface area (Å²) in [5.41, 5.74) is 1.44. The van der Waals surface area contributed by atoms with Gasteiger partial charge < -0.3 is 25.3 Å². The largest absolute Gasteiger partial charge is 0.660 e. The van der Waals surface area contributed by atoms with Crippen LogP contribution in [0.2, 0.25) is 0 Å². The molecule has 0 bridgehead atoms. The van der Waals surface area contributed by atoms with Gasteiger partial charge in [0, 0.05) is 50.0 Å². The molecule has 1 fully saturated rings. The van der Waals surface area contributed by atoms with Gasteiger partial charge in [0.2, 0.25) is 0 Å². The number of aromatic carboxylic acids is 2. The summed E-state index contributed by atoms with van der Waals surface area (Å²) in [5.74, 6) is -2.09. The summed E-state index contributed by atoms with van der Waals surface area (Å²) in [6.45, 7) is 6.55. The van der Waals surface area contributed by atoms with E-state index in [9.17, 15) is 9.59 Å². The molecule has 2 aromatic rings. The van der Waals surface area contributed by atoms with Crippen LogP contribution in [-0.2, 0) is 13.1 Å². The van der Waals surface area contributed by atoms with Crippen LogP contribution in [0, 0.1) is 43.4 Å². The van der Waals surface area contributed by atoms with Crippen LogP contribution in [0.15, 0.2) is 36.4 Å². The summed E-state index contributed by atoms with van der Waals surface area (Å²) < 4.78 is 0. The number of carboxylic acid groups (broad SMARTS) is 2. The van der Waals surface area contributed by atoms with E-state index in [1.165, 1.54) is 12.1 Å². The summed E-state index contributed by atoms with van der Waals surface area (Å²) in [4.78, 5) is 34.9. The molecule has 10 heteroatoms. The Kier molecular flexibility index (Phi) is 10.1. The fourth-order valence-electron chi connectivity index (χ4n) is 3.03. The van der Waals surface area contributed by atoms with Crippen molar-refractivity contribution in [2.24, 2.45) is 0 Å². The Morgan fingerprint density at radius 2 is 1.50 bits per heavy atom. The Morgan fingerprint density at radius 3 is 2.10 bits per heavy atom. The molecule has 1 aliphatic rings. The van der Waals surface area contributed by atoms with E-state index in [1.807, 2.05) is 12.1 Å². The van der Waals surface area contributed by atoms with Crippen LogP contribution in [0.5, 0.6) is 0 Å². The molecule has 0 unspecified atom stereocenters. The predicted molar refractivity (Wildman–Crippen MR) is 105 cm³/mol. The van der Waals surface area contributed by atoms with Crippen molar-refractivity contribution in [1.82, 2.24) is 19.8 Å². The van der Waals surface area contributed by atoms with E-state index < -0.39 is 11.9 Å². The van der Waals surface area contributed by atoms with Crippen molar-refractivity contribution in [2.45, 2.75) is 13.1 Å². The van der Waals surface area contributed by atoms with Gasteiger partial charge in [-0.05, 0) is 37.4 Å². The Bertz CT molecular complexity index is 797. The topological polar surface area (TPSA) is 121 Å². The molecule has 1 saturated heterocycles. The van der Waals surface area contributed by atoms with Gasteiger partial charge in [0.25, 0.3) is 0 Å². The first-order valence-electron chi connectivity index (χ1n) is 9.33. The zero-order valence-corrected chi connectivity index (χ0v) is 17.9. The van der Waals surface area contributed by atoms with Crippen LogP contribution >= 0.6 is 0 Å². The molecule has 0 atom stereocenters. The maximum atomic E-state index is 11.1. The van der Waals surface area contributed by atoms with Crippen LogP contribution in [0.4, 0.5) is 0 Å². The fourth-order valence-corrected chi connectivity index (χ4v) is 3.03. The second-order valence-corrected chi connectivity index (χ2v) is 6.70. The molecule has 0 amide bonds. The van der Waals surface area contributed by atoms with E-state index in [1.54, 1.807) is 12.1 Å². The number of rotatable bonds is 6. The van der Waals surface area contributed by atoms with Crippen molar-refractivity contribution in [2.75, 3.05) is 32.7 Å². The Hall–Kier alpha value is -1.65. The molecule has 2 aromatic heterocycles. The van der Waals surface area contributed by atoms with E-state index in [0.717, 1.165) is 13.1 Å². The van der Waals surface area contributed by atoms with Crippen LogP contribution in [0.3, 0.4) is 0 Å². The van der Waals surface area contributed by atoms with Crippen molar-refractivity contribution in [3.63, 3.8) is 0 Å². The molecule has 9 nitrogen and oxygen atoms in total. The maximum absolute atomic E-state index is 11.1. The molecule has 2 N–H and O–H groups in total. The summed E-state index contributed by atoms with van der Waals surface area (Å²) in [5, 5.41) is 22.8. The molecule has 0 spiro atoms. The number of nitrogens with zero attached hydrogens (tertiary/aromatic N) is 5. The maximum Gasteiger partial charge on any atom is 0.354 e. The molecule has 0 saturated carbocycles. The molecule has 3 heterocycles. The molecule has 0 aliphatic carbocycles. The standard InChI is InChI=1S/C20H23N5O4.Lu/c26-19(27)17-5-1-3-15(22-17)13-24-9-7-21-8-10-25(12-11-24)14-16-4-2-6-18(23-16)20(28)29;/h1-6,11H,7-10,12-14H2,(H,26,27)(H,28,29);/q-2;. The summed E-state index contributed by atoms with van der Waals surface area (Å²) >= 11 is 0. The van der Waals surface area contributed by atoms with E-state index in [0.29, 0.717) is 44.1 Å². The fraction of sp³-hybridized carbons (Fsp3) is 0.350. The Morgan fingerprint density at radius 1 is 0.933 bits per heavy atom. The molecule has 1 aliphatic heterocycles. The van der Waals surface area contributed by atoms with Gasteiger partial charge in [-0.1, -0.05) is 12.1 Å². The molecule has 1 radical (unpaired) electrons. The zero-order valence-electron chi connectivity index (χ0n) is 16.2. The molecular formula is C20H23LuN5O4-2. The van der Waals surface area contributed by atoms with Gasteiger partial charge in [0.1, 0.15) is 11.4 Å². The monoisotopic (exact) mass is 572 g/mol. The predicted octanol–water partition coefficient (Wildman–Crippen LogP) is 1.73. The van der Waals surface area contributed by atoms with Crippen molar-refractivity contribution in [1.29, 1.82) is 0 Å². The third-order valence-electron chi connectivity index (χ3n) is 4.52. The van der Waals surface area contributed by atoms with Crippen LogP contribution < -0.4 is 0 Å². The van der Waals surface area contributed by atoms with E-state index in [2.05, 4.69) is 31.6 Å². The number of hydrogen-bond donors (Lipinski definition) is 2. The zero-order chi connectivity index (χ0) is 20.6. The Labute approximate surface area is 204 Å². The average molecular weight is 572 g/mol. The number of carboxylic acids is 2.